The van der Waals surface area contributed by atoms with Gasteiger partial charge in [-0.1, -0.05) is 54.6 Å². The monoisotopic (exact) mass is 483 g/mol. The number of hydrogen-bond acceptors (Lipinski definition) is 5. The summed E-state index contributed by atoms with van der Waals surface area (Å²) in [6, 6.07) is 20.1. The van der Waals surface area contributed by atoms with E-state index < -0.39 is 0 Å². The number of aryl methyl sites for hydroxylation is 2. The first-order valence-corrected chi connectivity index (χ1v) is 12.0. The Bertz CT molecular complexity index is 1410. The topological polar surface area (TPSA) is 88.2 Å². The van der Waals surface area contributed by atoms with E-state index in [2.05, 4.69) is 15.6 Å². The summed E-state index contributed by atoms with van der Waals surface area (Å²) in [4.78, 5) is 41.9. The van der Waals surface area contributed by atoms with Crippen LogP contribution >= 0.6 is 11.3 Å². The SMILES string of the molecule is CC(=O)NCc1ccc(-c2csc(NC(=O)c3ccccc3C(=O)c3ccc(C)c(C)c3)n2)cc1. The zero-order chi connectivity index (χ0) is 24.9. The van der Waals surface area contributed by atoms with Gasteiger partial charge in [-0.05, 0) is 42.7 Å². The summed E-state index contributed by atoms with van der Waals surface area (Å²) in [6.07, 6.45) is 0. The van der Waals surface area contributed by atoms with Crippen LogP contribution in [0.3, 0.4) is 0 Å². The average Bonchev–Trinajstić information content (AvgIpc) is 3.32. The van der Waals surface area contributed by atoms with Gasteiger partial charge in [0.25, 0.3) is 5.91 Å². The smallest absolute Gasteiger partial charge is 0.258 e. The van der Waals surface area contributed by atoms with Crippen molar-refractivity contribution in [3.8, 4) is 11.3 Å². The van der Waals surface area contributed by atoms with Gasteiger partial charge in [-0.15, -0.1) is 11.3 Å². The van der Waals surface area contributed by atoms with Crippen molar-refractivity contribution in [1.82, 2.24) is 10.3 Å². The second kappa shape index (κ2) is 10.4. The van der Waals surface area contributed by atoms with E-state index in [1.165, 1.54) is 18.3 Å². The number of amides is 2. The molecule has 2 amide bonds. The molecule has 176 valence electrons. The Labute approximate surface area is 208 Å². The van der Waals surface area contributed by atoms with Crippen LogP contribution in [0.25, 0.3) is 11.3 Å². The van der Waals surface area contributed by atoms with E-state index in [9.17, 15) is 14.4 Å². The van der Waals surface area contributed by atoms with E-state index in [4.69, 9.17) is 0 Å². The van der Waals surface area contributed by atoms with Gasteiger partial charge in [-0.3, -0.25) is 19.7 Å². The number of aromatic nitrogens is 1. The highest BCUT2D eigenvalue weighted by molar-refractivity contribution is 7.14. The normalized spacial score (nSPS) is 10.6. The number of rotatable bonds is 7. The first-order chi connectivity index (χ1) is 16.8. The predicted molar refractivity (Wildman–Crippen MR) is 139 cm³/mol. The number of carbonyl (C=O) groups excluding carboxylic acids is 3. The molecule has 0 bridgehead atoms. The number of hydrogen-bond donors (Lipinski definition) is 2. The summed E-state index contributed by atoms with van der Waals surface area (Å²) < 4.78 is 0. The van der Waals surface area contributed by atoms with Crippen LogP contribution in [0.2, 0.25) is 0 Å². The minimum atomic E-state index is -0.385. The molecule has 1 aromatic heterocycles. The molecule has 0 spiro atoms. The molecule has 1 heterocycles. The lowest BCUT2D eigenvalue weighted by Crippen LogP contribution is -2.18. The van der Waals surface area contributed by atoms with Crippen molar-refractivity contribution < 1.29 is 14.4 Å². The zero-order valence-electron chi connectivity index (χ0n) is 19.7. The second-order valence-electron chi connectivity index (χ2n) is 8.27. The average molecular weight is 484 g/mol. The fourth-order valence-corrected chi connectivity index (χ4v) is 4.28. The number of carbonyl (C=O) groups is 3. The maximum Gasteiger partial charge on any atom is 0.258 e. The van der Waals surface area contributed by atoms with Crippen LogP contribution in [0.5, 0.6) is 0 Å². The quantitative estimate of drug-likeness (QED) is 0.338. The summed E-state index contributed by atoms with van der Waals surface area (Å²) in [6.45, 7) is 5.90. The van der Waals surface area contributed by atoms with Crippen LogP contribution < -0.4 is 10.6 Å². The number of nitrogens with zero attached hydrogens (tertiary/aromatic N) is 1. The third-order valence-corrected chi connectivity index (χ3v) is 6.46. The standard InChI is InChI=1S/C28H25N3O3S/c1-17-8-11-22(14-18(17)2)26(33)23-6-4-5-7-24(23)27(34)31-28-30-25(16-35-28)21-12-9-20(10-13-21)15-29-19(3)32/h4-14,16H,15H2,1-3H3,(H,29,32)(H,30,31,34). The van der Waals surface area contributed by atoms with Crippen LogP contribution in [-0.2, 0) is 11.3 Å². The van der Waals surface area contributed by atoms with Gasteiger partial charge in [0.2, 0.25) is 5.91 Å². The summed E-state index contributed by atoms with van der Waals surface area (Å²) >= 11 is 1.31. The molecule has 6 nitrogen and oxygen atoms in total. The third kappa shape index (κ3) is 5.70. The Morgan fingerprint density at radius 3 is 2.29 bits per heavy atom. The van der Waals surface area contributed by atoms with Crippen molar-refractivity contribution in [2.75, 3.05) is 5.32 Å². The van der Waals surface area contributed by atoms with E-state index in [0.29, 0.717) is 28.4 Å². The van der Waals surface area contributed by atoms with Gasteiger partial charge in [0.15, 0.2) is 10.9 Å². The molecule has 0 aliphatic rings. The molecule has 4 aromatic rings. The van der Waals surface area contributed by atoms with E-state index in [-0.39, 0.29) is 17.6 Å². The second-order valence-corrected chi connectivity index (χ2v) is 9.13. The Kier molecular flexibility index (Phi) is 7.17. The lowest BCUT2D eigenvalue weighted by atomic mass is 9.96. The number of benzene rings is 3. The first-order valence-electron chi connectivity index (χ1n) is 11.1. The fraction of sp³-hybridized carbons (Fsp3) is 0.143. The van der Waals surface area contributed by atoms with Crippen molar-refractivity contribution in [1.29, 1.82) is 0 Å². The third-order valence-electron chi connectivity index (χ3n) is 5.70. The molecule has 35 heavy (non-hydrogen) atoms. The molecular formula is C28H25N3O3S. The van der Waals surface area contributed by atoms with Gasteiger partial charge in [-0.2, -0.15) is 0 Å². The molecule has 0 saturated heterocycles. The van der Waals surface area contributed by atoms with Gasteiger partial charge in [0.05, 0.1) is 11.3 Å². The van der Waals surface area contributed by atoms with Crippen molar-refractivity contribution in [2.45, 2.75) is 27.3 Å². The molecule has 4 rings (SSSR count). The molecule has 0 atom stereocenters. The highest BCUT2D eigenvalue weighted by atomic mass is 32.1. The Morgan fingerprint density at radius 2 is 1.60 bits per heavy atom. The molecule has 0 radical (unpaired) electrons. The van der Waals surface area contributed by atoms with E-state index in [1.807, 2.05) is 55.6 Å². The van der Waals surface area contributed by atoms with Gasteiger partial charge in [0.1, 0.15) is 0 Å². The van der Waals surface area contributed by atoms with E-state index >= 15 is 0 Å². The molecule has 0 unspecified atom stereocenters. The minimum Gasteiger partial charge on any atom is -0.352 e. The summed E-state index contributed by atoms with van der Waals surface area (Å²) in [7, 11) is 0. The molecule has 0 aliphatic carbocycles. The summed E-state index contributed by atoms with van der Waals surface area (Å²) in [5, 5.41) is 7.91. The van der Waals surface area contributed by atoms with Crippen LogP contribution in [0.15, 0.2) is 72.1 Å². The number of nitrogens with one attached hydrogen (secondary N) is 2. The Hall–Kier alpha value is -4.10. The van der Waals surface area contributed by atoms with Gasteiger partial charge in [0, 0.05) is 35.5 Å². The molecule has 0 aliphatic heterocycles. The van der Waals surface area contributed by atoms with Crippen LogP contribution in [0, 0.1) is 13.8 Å². The molecule has 3 aromatic carbocycles. The number of thiazole rings is 1. The van der Waals surface area contributed by atoms with E-state index in [0.717, 1.165) is 27.9 Å². The molecule has 2 N–H and O–H groups in total. The maximum absolute atomic E-state index is 13.2. The van der Waals surface area contributed by atoms with Gasteiger partial charge < -0.3 is 5.32 Å². The predicted octanol–water partition coefficient (Wildman–Crippen LogP) is 5.55. The highest BCUT2D eigenvalue weighted by Crippen LogP contribution is 2.26. The van der Waals surface area contributed by atoms with Crippen LogP contribution in [0.1, 0.15) is 49.9 Å². The molecule has 7 heteroatoms. The lowest BCUT2D eigenvalue weighted by molar-refractivity contribution is -0.119. The van der Waals surface area contributed by atoms with Crippen LogP contribution in [0.4, 0.5) is 5.13 Å². The van der Waals surface area contributed by atoms with Gasteiger partial charge in [-0.25, -0.2) is 4.98 Å². The van der Waals surface area contributed by atoms with Crippen molar-refractivity contribution in [3.05, 3.63) is 105 Å². The fourth-order valence-electron chi connectivity index (χ4n) is 3.57. The Morgan fingerprint density at radius 1 is 0.886 bits per heavy atom. The van der Waals surface area contributed by atoms with E-state index in [1.54, 1.807) is 30.3 Å². The Balaban J connectivity index is 1.50. The minimum absolute atomic E-state index is 0.0776. The molecule has 0 saturated carbocycles. The summed E-state index contributed by atoms with van der Waals surface area (Å²) in [5.41, 5.74) is 5.94. The van der Waals surface area contributed by atoms with Crippen molar-refractivity contribution in [2.24, 2.45) is 0 Å². The highest BCUT2D eigenvalue weighted by Gasteiger charge is 2.19. The number of ketones is 1. The largest absolute Gasteiger partial charge is 0.352 e. The zero-order valence-corrected chi connectivity index (χ0v) is 20.5. The molecular weight excluding hydrogens is 458 g/mol. The molecule has 0 fully saturated rings. The maximum atomic E-state index is 13.2. The summed E-state index contributed by atoms with van der Waals surface area (Å²) in [5.74, 6) is -0.659. The lowest BCUT2D eigenvalue weighted by Gasteiger charge is -2.09. The van der Waals surface area contributed by atoms with Gasteiger partial charge >= 0.3 is 0 Å². The number of anilines is 1. The van der Waals surface area contributed by atoms with Crippen LogP contribution in [-0.4, -0.2) is 22.6 Å². The van der Waals surface area contributed by atoms with Crippen molar-refractivity contribution in [3.63, 3.8) is 0 Å². The van der Waals surface area contributed by atoms with Crippen molar-refractivity contribution >= 4 is 34.1 Å². The first kappa shape index (κ1) is 24.0.